The predicted molar refractivity (Wildman–Crippen MR) is 68.8 cm³/mol. The molecule has 3 nitrogen and oxygen atoms in total. The van der Waals surface area contributed by atoms with Crippen molar-refractivity contribution in [1.82, 2.24) is 15.1 Å². The maximum atomic E-state index is 3.64. The third kappa shape index (κ3) is 3.72. The number of nitrogens with one attached hydrogen (secondary N) is 1. The van der Waals surface area contributed by atoms with E-state index in [-0.39, 0.29) is 0 Å². The SMILES string of the molecule is CCN1CCN(CCC2CCCCN2)CC1. The largest absolute Gasteiger partial charge is 0.314 e. The molecule has 0 saturated carbocycles. The van der Waals surface area contributed by atoms with Gasteiger partial charge in [0.2, 0.25) is 0 Å². The van der Waals surface area contributed by atoms with Crippen LogP contribution < -0.4 is 5.32 Å². The number of hydrogen-bond acceptors (Lipinski definition) is 3. The Morgan fingerprint density at radius 2 is 1.81 bits per heavy atom. The second kappa shape index (κ2) is 6.58. The number of piperidine rings is 1. The van der Waals surface area contributed by atoms with Crippen molar-refractivity contribution in [3.8, 4) is 0 Å². The zero-order chi connectivity index (χ0) is 11.2. The topological polar surface area (TPSA) is 18.5 Å². The van der Waals surface area contributed by atoms with Gasteiger partial charge in [-0.2, -0.15) is 0 Å². The van der Waals surface area contributed by atoms with Gasteiger partial charge in [0.25, 0.3) is 0 Å². The second-order valence-electron chi connectivity index (χ2n) is 5.21. The van der Waals surface area contributed by atoms with Gasteiger partial charge in [-0.05, 0) is 38.9 Å². The van der Waals surface area contributed by atoms with Crippen LogP contribution in [-0.4, -0.2) is 61.7 Å². The Labute approximate surface area is 100 Å². The van der Waals surface area contributed by atoms with Gasteiger partial charge in [0.05, 0.1) is 0 Å². The lowest BCUT2D eigenvalue weighted by Crippen LogP contribution is -2.47. The van der Waals surface area contributed by atoms with Crippen LogP contribution in [0.3, 0.4) is 0 Å². The zero-order valence-corrected chi connectivity index (χ0v) is 10.7. The van der Waals surface area contributed by atoms with E-state index in [9.17, 15) is 0 Å². The number of rotatable bonds is 4. The Kier molecular flexibility index (Phi) is 5.07. The summed E-state index contributed by atoms with van der Waals surface area (Å²) in [7, 11) is 0. The molecule has 3 heteroatoms. The Bertz CT molecular complexity index is 182. The Morgan fingerprint density at radius 3 is 2.44 bits per heavy atom. The van der Waals surface area contributed by atoms with Gasteiger partial charge in [-0.25, -0.2) is 0 Å². The van der Waals surface area contributed by atoms with Crippen LogP contribution in [0.4, 0.5) is 0 Å². The summed E-state index contributed by atoms with van der Waals surface area (Å²) in [6, 6.07) is 0.804. The van der Waals surface area contributed by atoms with Crippen molar-refractivity contribution < 1.29 is 0 Å². The molecular formula is C13H27N3. The smallest absolute Gasteiger partial charge is 0.0110 e. The molecule has 16 heavy (non-hydrogen) atoms. The standard InChI is InChI=1S/C13H27N3/c1-2-15-9-11-16(12-10-15)8-6-13-5-3-4-7-14-13/h13-14H,2-12H2,1H3. The molecule has 0 aromatic carbocycles. The van der Waals surface area contributed by atoms with E-state index in [0.717, 1.165) is 6.04 Å². The van der Waals surface area contributed by atoms with Crippen molar-refractivity contribution in [3.63, 3.8) is 0 Å². The summed E-state index contributed by atoms with van der Waals surface area (Å²) in [6.45, 7) is 11.1. The van der Waals surface area contributed by atoms with E-state index in [4.69, 9.17) is 0 Å². The molecule has 0 aromatic heterocycles. The molecule has 1 unspecified atom stereocenters. The molecule has 94 valence electrons. The van der Waals surface area contributed by atoms with Gasteiger partial charge in [-0.1, -0.05) is 13.3 Å². The minimum atomic E-state index is 0.804. The number of hydrogen-bond donors (Lipinski definition) is 1. The summed E-state index contributed by atoms with van der Waals surface area (Å²) < 4.78 is 0. The minimum absolute atomic E-state index is 0.804. The third-order valence-corrected chi connectivity index (χ3v) is 4.12. The van der Waals surface area contributed by atoms with Crippen LogP contribution in [0, 0.1) is 0 Å². The fraction of sp³-hybridized carbons (Fsp3) is 1.00. The Balaban J connectivity index is 1.59. The van der Waals surface area contributed by atoms with E-state index in [2.05, 4.69) is 22.0 Å². The molecule has 1 N–H and O–H groups in total. The van der Waals surface area contributed by atoms with Crippen LogP contribution in [-0.2, 0) is 0 Å². The van der Waals surface area contributed by atoms with Gasteiger partial charge in [-0.15, -0.1) is 0 Å². The van der Waals surface area contributed by atoms with E-state index < -0.39 is 0 Å². The first-order valence-electron chi connectivity index (χ1n) is 7.06. The normalized spacial score (nSPS) is 29.4. The van der Waals surface area contributed by atoms with Crippen molar-refractivity contribution in [2.24, 2.45) is 0 Å². The highest BCUT2D eigenvalue weighted by atomic mass is 15.3. The average Bonchev–Trinajstić information content (AvgIpc) is 2.38. The van der Waals surface area contributed by atoms with Crippen molar-refractivity contribution in [1.29, 1.82) is 0 Å². The van der Waals surface area contributed by atoms with Gasteiger partial charge < -0.3 is 15.1 Å². The number of nitrogens with zero attached hydrogens (tertiary/aromatic N) is 2. The van der Waals surface area contributed by atoms with Crippen molar-refractivity contribution in [3.05, 3.63) is 0 Å². The molecule has 2 aliphatic heterocycles. The first kappa shape index (κ1) is 12.3. The first-order chi connectivity index (χ1) is 7.88. The molecule has 1 atom stereocenters. The maximum absolute atomic E-state index is 3.64. The Hall–Kier alpha value is -0.120. The zero-order valence-electron chi connectivity index (χ0n) is 10.7. The lowest BCUT2D eigenvalue weighted by atomic mass is 10.0. The summed E-state index contributed by atoms with van der Waals surface area (Å²) in [5.74, 6) is 0. The van der Waals surface area contributed by atoms with Crippen molar-refractivity contribution in [2.45, 2.75) is 38.6 Å². The summed E-state index contributed by atoms with van der Waals surface area (Å²) in [5.41, 5.74) is 0. The van der Waals surface area contributed by atoms with E-state index in [1.807, 2.05) is 0 Å². The summed E-state index contributed by atoms with van der Waals surface area (Å²) >= 11 is 0. The van der Waals surface area contributed by atoms with Crippen LogP contribution in [0.25, 0.3) is 0 Å². The van der Waals surface area contributed by atoms with E-state index >= 15 is 0 Å². The van der Waals surface area contributed by atoms with Gasteiger partial charge in [0.15, 0.2) is 0 Å². The van der Waals surface area contributed by atoms with E-state index in [1.165, 1.54) is 71.5 Å². The van der Waals surface area contributed by atoms with Gasteiger partial charge in [0, 0.05) is 32.2 Å². The fourth-order valence-corrected chi connectivity index (χ4v) is 2.84. The van der Waals surface area contributed by atoms with Crippen molar-refractivity contribution in [2.75, 3.05) is 45.8 Å². The molecule has 2 saturated heterocycles. The molecule has 0 spiro atoms. The van der Waals surface area contributed by atoms with Crippen LogP contribution >= 0.6 is 0 Å². The highest BCUT2D eigenvalue weighted by Gasteiger charge is 2.17. The molecule has 2 aliphatic rings. The van der Waals surface area contributed by atoms with Gasteiger partial charge in [-0.3, -0.25) is 0 Å². The third-order valence-electron chi connectivity index (χ3n) is 4.12. The highest BCUT2D eigenvalue weighted by molar-refractivity contribution is 4.76. The quantitative estimate of drug-likeness (QED) is 0.774. The van der Waals surface area contributed by atoms with Crippen LogP contribution in [0.2, 0.25) is 0 Å². The average molecular weight is 225 g/mol. The van der Waals surface area contributed by atoms with Crippen LogP contribution in [0.5, 0.6) is 0 Å². The monoisotopic (exact) mass is 225 g/mol. The van der Waals surface area contributed by atoms with Crippen molar-refractivity contribution >= 4 is 0 Å². The number of piperazine rings is 1. The lowest BCUT2D eigenvalue weighted by molar-refractivity contribution is 0.131. The molecule has 0 amide bonds. The van der Waals surface area contributed by atoms with Gasteiger partial charge >= 0.3 is 0 Å². The number of likely N-dealkylation sites (N-methyl/N-ethyl adjacent to an activating group) is 1. The summed E-state index contributed by atoms with van der Waals surface area (Å²) in [6.07, 6.45) is 5.56. The lowest BCUT2D eigenvalue weighted by Gasteiger charge is -2.35. The van der Waals surface area contributed by atoms with Crippen LogP contribution in [0.15, 0.2) is 0 Å². The first-order valence-corrected chi connectivity index (χ1v) is 7.06. The van der Waals surface area contributed by atoms with E-state index in [0.29, 0.717) is 0 Å². The molecule has 2 rings (SSSR count). The molecule has 0 aliphatic carbocycles. The second-order valence-corrected chi connectivity index (χ2v) is 5.21. The Morgan fingerprint density at radius 1 is 1.06 bits per heavy atom. The highest BCUT2D eigenvalue weighted by Crippen LogP contribution is 2.11. The summed E-state index contributed by atoms with van der Waals surface area (Å²) in [5, 5.41) is 3.64. The fourth-order valence-electron chi connectivity index (χ4n) is 2.84. The minimum Gasteiger partial charge on any atom is -0.314 e. The van der Waals surface area contributed by atoms with Crippen LogP contribution in [0.1, 0.15) is 32.6 Å². The maximum Gasteiger partial charge on any atom is 0.0110 e. The molecule has 0 aromatic rings. The molecular weight excluding hydrogens is 198 g/mol. The molecule has 2 heterocycles. The molecule has 2 fully saturated rings. The predicted octanol–water partition coefficient (Wildman–Crippen LogP) is 1.16. The molecule has 0 bridgehead atoms. The molecule has 0 radical (unpaired) electrons. The summed E-state index contributed by atoms with van der Waals surface area (Å²) in [4.78, 5) is 5.19. The van der Waals surface area contributed by atoms with Gasteiger partial charge in [0.1, 0.15) is 0 Å². The van der Waals surface area contributed by atoms with E-state index in [1.54, 1.807) is 0 Å².